The first-order valence-corrected chi connectivity index (χ1v) is 5.96. The Hall–Kier alpha value is -0.380. The van der Waals surface area contributed by atoms with Crippen molar-refractivity contribution in [2.75, 3.05) is 13.2 Å². The van der Waals surface area contributed by atoms with Gasteiger partial charge in [-0.15, -0.1) is 0 Å². The molecule has 1 aliphatic heterocycles. The van der Waals surface area contributed by atoms with E-state index < -0.39 is 0 Å². The van der Waals surface area contributed by atoms with Crippen molar-refractivity contribution in [1.29, 1.82) is 0 Å². The van der Waals surface area contributed by atoms with Crippen molar-refractivity contribution in [3.8, 4) is 0 Å². The van der Waals surface area contributed by atoms with Crippen LogP contribution in [-0.2, 0) is 9.47 Å². The molecule has 3 heteroatoms. The van der Waals surface area contributed by atoms with Gasteiger partial charge in [0, 0.05) is 4.47 Å². The van der Waals surface area contributed by atoms with E-state index in [1.807, 2.05) is 0 Å². The summed E-state index contributed by atoms with van der Waals surface area (Å²) in [5.74, 6) is 0. The zero-order valence-electron chi connectivity index (χ0n) is 9.00. The Balaban J connectivity index is 2.02. The van der Waals surface area contributed by atoms with Gasteiger partial charge in [-0.05, 0) is 25.0 Å². The zero-order valence-corrected chi connectivity index (χ0v) is 10.6. The maximum atomic E-state index is 5.73. The highest BCUT2D eigenvalue weighted by Crippen LogP contribution is 2.29. The number of benzene rings is 1. The Labute approximate surface area is 98.7 Å². The molecule has 82 valence electrons. The summed E-state index contributed by atoms with van der Waals surface area (Å²) in [5, 5.41) is 0. The lowest BCUT2D eigenvalue weighted by Gasteiger charge is -2.15. The first kappa shape index (κ1) is 11.1. The molecule has 15 heavy (non-hydrogen) atoms. The SMILES string of the molecule is Cc1cccc([C@@H](C)OC[C@H]2CO2)c1Br. The Morgan fingerprint density at radius 1 is 1.60 bits per heavy atom. The van der Waals surface area contributed by atoms with Crippen molar-refractivity contribution in [3.63, 3.8) is 0 Å². The van der Waals surface area contributed by atoms with E-state index in [1.165, 1.54) is 11.1 Å². The first-order chi connectivity index (χ1) is 7.18. The van der Waals surface area contributed by atoms with Crippen molar-refractivity contribution in [3.05, 3.63) is 33.8 Å². The lowest BCUT2D eigenvalue weighted by molar-refractivity contribution is 0.0535. The van der Waals surface area contributed by atoms with Gasteiger partial charge in [0.25, 0.3) is 0 Å². The predicted octanol–water partition coefficient (Wildman–Crippen LogP) is 3.23. The van der Waals surface area contributed by atoms with E-state index in [4.69, 9.17) is 9.47 Å². The van der Waals surface area contributed by atoms with Crippen LogP contribution in [-0.4, -0.2) is 19.3 Å². The fraction of sp³-hybridized carbons (Fsp3) is 0.500. The zero-order chi connectivity index (χ0) is 10.8. The summed E-state index contributed by atoms with van der Waals surface area (Å²) in [4.78, 5) is 0. The second kappa shape index (κ2) is 4.64. The van der Waals surface area contributed by atoms with E-state index >= 15 is 0 Å². The fourth-order valence-corrected chi connectivity index (χ4v) is 2.08. The molecule has 1 saturated heterocycles. The molecule has 2 nitrogen and oxygen atoms in total. The van der Waals surface area contributed by atoms with Gasteiger partial charge < -0.3 is 9.47 Å². The Bertz CT molecular complexity index is 347. The highest BCUT2D eigenvalue weighted by molar-refractivity contribution is 9.10. The molecule has 1 aromatic rings. The van der Waals surface area contributed by atoms with Crippen LogP contribution >= 0.6 is 15.9 Å². The molecule has 0 amide bonds. The molecule has 2 atom stereocenters. The van der Waals surface area contributed by atoms with Gasteiger partial charge in [-0.25, -0.2) is 0 Å². The van der Waals surface area contributed by atoms with E-state index in [0.717, 1.165) is 11.1 Å². The Kier molecular flexibility index (Phi) is 3.44. The predicted molar refractivity (Wildman–Crippen MR) is 63.0 cm³/mol. The summed E-state index contributed by atoms with van der Waals surface area (Å²) in [7, 11) is 0. The van der Waals surface area contributed by atoms with Crippen LogP contribution in [0.4, 0.5) is 0 Å². The lowest BCUT2D eigenvalue weighted by atomic mass is 10.1. The summed E-state index contributed by atoms with van der Waals surface area (Å²) in [6.07, 6.45) is 0.444. The van der Waals surface area contributed by atoms with Gasteiger partial charge >= 0.3 is 0 Å². The number of halogens is 1. The molecule has 0 saturated carbocycles. The number of aryl methyl sites for hydroxylation is 1. The summed E-state index contributed by atoms with van der Waals surface area (Å²) in [6, 6.07) is 6.24. The number of ether oxygens (including phenoxy) is 2. The standard InChI is InChI=1S/C12H15BrO2/c1-8-4-3-5-11(12(8)13)9(2)14-6-10-7-15-10/h3-5,9-10H,6-7H2,1-2H3/t9-,10+/m1/s1. The van der Waals surface area contributed by atoms with Gasteiger partial charge in [0.15, 0.2) is 0 Å². The molecule has 0 bridgehead atoms. The van der Waals surface area contributed by atoms with E-state index in [9.17, 15) is 0 Å². The molecule has 0 aromatic heterocycles. The summed E-state index contributed by atoms with van der Waals surface area (Å²) in [5.41, 5.74) is 2.45. The molecule has 1 heterocycles. The van der Waals surface area contributed by atoms with Crippen molar-refractivity contribution in [1.82, 2.24) is 0 Å². The second-order valence-corrected chi connectivity index (χ2v) is 4.70. The van der Waals surface area contributed by atoms with Crippen molar-refractivity contribution >= 4 is 15.9 Å². The monoisotopic (exact) mass is 270 g/mol. The third-order valence-electron chi connectivity index (χ3n) is 2.59. The van der Waals surface area contributed by atoms with Crippen molar-refractivity contribution < 1.29 is 9.47 Å². The third-order valence-corrected chi connectivity index (χ3v) is 3.68. The van der Waals surface area contributed by atoms with Crippen molar-refractivity contribution in [2.24, 2.45) is 0 Å². The topological polar surface area (TPSA) is 21.8 Å². The van der Waals surface area contributed by atoms with Crippen LogP contribution in [0, 0.1) is 6.92 Å². The lowest BCUT2D eigenvalue weighted by Crippen LogP contribution is -2.07. The first-order valence-electron chi connectivity index (χ1n) is 5.16. The minimum absolute atomic E-state index is 0.114. The maximum Gasteiger partial charge on any atom is 0.104 e. The fourth-order valence-electron chi connectivity index (χ4n) is 1.49. The number of epoxide rings is 1. The van der Waals surface area contributed by atoms with Gasteiger partial charge in [0.1, 0.15) is 6.10 Å². The van der Waals surface area contributed by atoms with Gasteiger partial charge in [0.05, 0.1) is 19.3 Å². The minimum Gasteiger partial charge on any atom is -0.371 e. The largest absolute Gasteiger partial charge is 0.371 e. The van der Waals surface area contributed by atoms with Crippen LogP contribution in [0.25, 0.3) is 0 Å². The summed E-state index contributed by atoms with van der Waals surface area (Å²) >= 11 is 3.59. The van der Waals surface area contributed by atoms with Gasteiger partial charge in [0.2, 0.25) is 0 Å². The molecule has 0 N–H and O–H groups in total. The maximum absolute atomic E-state index is 5.73. The number of hydrogen-bond acceptors (Lipinski definition) is 2. The molecule has 0 unspecified atom stereocenters. The highest BCUT2D eigenvalue weighted by Gasteiger charge is 2.24. The van der Waals surface area contributed by atoms with Crippen LogP contribution in [0.3, 0.4) is 0 Å². The molecule has 2 rings (SSSR count). The smallest absolute Gasteiger partial charge is 0.104 e. The molecule has 0 spiro atoms. The van der Waals surface area contributed by atoms with E-state index in [0.29, 0.717) is 12.7 Å². The Morgan fingerprint density at radius 3 is 3.00 bits per heavy atom. The van der Waals surface area contributed by atoms with Gasteiger partial charge in [-0.3, -0.25) is 0 Å². The van der Waals surface area contributed by atoms with Crippen LogP contribution in [0.5, 0.6) is 0 Å². The van der Waals surface area contributed by atoms with E-state index in [1.54, 1.807) is 0 Å². The van der Waals surface area contributed by atoms with Crippen LogP contribution < -0.4 is 0 Å². The molecular formula is C12H15BrO2. The van der Waals surface area contributed by atoms with Crippen LogP contribution in [0.2, 0.25) is 0 Å². The summed E-state index contributed by atoms with van der Waals surface area (Å²) < 4.78 is 12.0. The quantitative estimate of drug-likeness (QED) is 0.784. The molecule has 1 aliphatic rings. The molecule has 1 fully saturated rings. The average Bonchev–Trinajstić information content (AvgIpc) is 3.02. The van der Waals surface area contributed by atoms with Gasteiger partial charge in [-0.2, -0.15) is 0 Å². The number of hydrogen-bond donors (Lipinski definition) is 0. The van der Waals surface area contributed by atoms with E-state index in [2.05, 4.69) is 48.0 Å². The Morgan fingerprint density at radius 2 is 2.33 bits per heavy atom. The van der Waals surface area contributed by atoms with Gasteiger partial charge in [-0.1, -0.05) is 34.1 Å². The normalized spacial score (nSPS) is 21.4. The second-order valence-electron chi connectivity index (χ2n) is 3.91. The molecule has 0 radical (unpaired) electrons. The van der Waals surface area contributed by atoms with E-state index in [-0.39, 0.29) is 6.10 Å². The van der Waals surface area contributed by atoms with Crippen molar-refractivity contribution in [2.45, 2.75) is 26.1 Å². The minimum atomic E-state index is 0.114. The average molecular weight is 271 g/mol. The van der Waals surface area contributed by atoms with Crippen LogP contribution in [0.1, 0.15) is 24.2 Å². The molecular weight excluding hydrogens is 256 g/mol. The molecule has 1 aromatic carbocycles. The number of rotatable bonds is 4. The van der Waals surface area contributed by atoms with Crippen LogP contribution in [0.15, 0.2) is 22.7 Å². The molecule has 0 aliphatic carbocycles. The summed E-state index contributed by atoms with van der Waals surface area (Å²) in [6.45, 7) is 5.70. The highest BCUT2D eigenvalue weighted by atomic mass is 79.9. The third kappa shape index (κ3) is 2.80.